The van der Waals surface area contributed by atoms with Gasteiger partial charge in [0, 0.05) is 16.8 Å². The molecule has 0 radical (unpaired) electrons. The average molecular weight is 454 g/mol. The molecule has 0 aliphatic rings. The largest absolute Gasteiger partial charge is 0.398 e. The van der Waals surface area contributed by atoms with Crippen LogP contribution in [0.2, 0.25) is 0 Å². The standard InChI is InChI=1S/C34H31N/c1-34(2,3)30-22-31(25-14-8-5-9-15-25)33(35)32(23-30)29-19-11-18-28(21-29)27-17-10-16-26(20-27)24-12-6-4-7-13-24/h4-23H,35H2,1-3H3. The summed E-state index contributed by atoms with van der Waals surface area (Å²) in [5, 5.41) is 0. The van der Waals surface area contributed by atoms with Gasteiger partial charge in [0.05, 0.1) is 0 Å². The number of benzene rings is 5. The van der Waals surface area contributed by atoms with Crippen LogP contribution in [0.1, 0.15) is 26.3 Å². The van der Waals surface area contributed by atoms with Crippen LogP contribution in [-0.2, 0) is 5.41 Å². The number of anilines is 1. The lowest BCUT2D eigenvalue weighted by Gasteiger charge is -2.23. The van der Waals surface area contributed by atoms with Crippen molar-refractivity contribution in [2.24, 2.45) is 0 Å². The lowest BCUT2D eigenvalue weighted by Crippen LogP contribution is -2.12. The molecule has 1 nitrogen and oxygen atoms in total. The Balaban J connectivity index is 1.63. The van der Waals surface area contributed by atoms with Gasteiger partial charge >= 0.3 is 0 Å². The minimum atomic E-state index is 0.00755. The van der Waals surface area contributed by atoms with E-state index in [1.807, 2.05) is 6.07 Å². The third-order valence-corrected chi connectivity index (χ3v) is 6.61. The molecule has 0 aliphatic carbocycles. The molecule has 35 heavy (non-hydrogen) atoms. The van der Waals surface area contributed by atoms with Gasteiger partial charge in [-0.1, -0.05) is 118 Å². The first-order valence-electron chi connectivity index (χ1n) is 12.2. The van der Waals surface area contributed by atoms with Crippen molar-refractivity contribution in [2.75, 3.05) is 5.73 Å². The van der Waals surface area contributed by atoms with E-state index in [9.17, 15) is 0 Å². The lowest BCUT2D eigenvalue weighted by atomic mass is 9.82. The number of nitrogens with two attached hydrogens (primary N) is 1. The van der Waals surface area contributed by atoms with Crippen molar-refractivity contribution >= 4 is 5.69 Å². The summed E-state index contributed by atoms with van der Waals surface area (Å²) in [7, 11) is 0. The van der Waals surface area contributed by atoms with Crippen LogP contribution >= 0.6 is 0 Å². The van der Waals surface area contributed by atoms with Crippen molar-refractivity contribution in [3.63, 3.8) is 0 Å². The lowest BCUT2D eigenvalue weighted by molar-refractivity contribution is 0.591. The first-order valence-corrected chi connectivity index (χ1v) is 12.2. The first kappa shape index (κ1) is 22.7. The van der Waals surface area contributed by atoms with Crippen molar-refractivity contribution in [1.82, 2.24) is 0 Å². The van der Waals surface area contributed by atoms with Gasteiger partial charge in [-0.3, -0.25) is 0 Å². The highest BCUT2D eigenvalue weighted by atomic mass is 14.6. The van der Waals surface area contributed by atoms with Crippen LogP contribution in [-0.4, -0.2) is 0 Å². The molecule has 0 aromatic heterocycles. The molecule has 172 valence electrons. The molecule has 0 fully saturated rings. The summed E-state index contributed by atoms with van der Waals surface area (Å²) in [6.45, 7) is 6.76. The number of hydrogen-bond donors (Lipinski definition) is 1. The maximum atomic E-state index is 6.85. The molecule has 2 N–H and O–H groups in total. The third kappa shape index (κ3) is 4.76. The van der Waals surface area contributed by atoms with Gasteiger partial charge in [0.2, 0.25) is 0 Å². The van der Waals surface area contributed by atoms with Gasteiger partial charge in [0.15, 0.2) is 0 Å². The van der Waals surface area contributed by atoms with Crippen molar-refractivity contribution in [3.8, 4) is 44.5 Å². The van der Waals surface area contributed by atoms with E-state index in [1.54, 1.807) is 0 Å². The Morgan fingerprint density at radius 1 is 0.429 bits per heavy atom. The summed E-state index contributed by atoms with van der Waals surface area (Å²) >= 11 is 0. The summed E-state index contributed by atoms with van der Waals surface area (Å²) in [5.74, 6) is 0. The quantitative estimate of drug-likeness (QED) is 0.270. The Bertz CT molecular complexity index is 1460. The van der Waals surface area contributed by atoms with E-state index in [2.05, 4.69) is 136 Å². The third-order valence-electron chi connectivity index (χ3n) is 6.61. The topological polar surface area (TPSA) is 26.0 Å². The normalized spacial score (nSPS) is 11.4. The van der Waals surface area contributed by atoms with Crippen LogP contribution in [0.3, 0.4) is 0 Å². The van der Waals surface area contributed by atoms with Crippen molar-refractivity contribution in [1.29, 1.82) is 0 Å². The van der Waals surface area contributed by atoms with Gasteiger partial charge in [0.1, 0.15) is 0 Å². The zero-order valence-corrected chi connectivity index (χ0v) is 20.6. The number of hydrogen-bond acceptors (Lipinski definition) is 1. The van der Waals surface area contributed by atoms with Crippen molar-refractivity contribution in [3.05, 3.63) is 127 Å². The Labute approximate surface area is 208 Å². The molecule has 0 saturated carbocycles. The molecule has 0 heterocycles. The SMILES string of the molecule is CC(C)(C)c1cc(-c2ccccc2)c(N)c(-c2cccc(-c3cccc(-c4ccccc4)c3)c2)c1. The zero-order valence-electron chi connectivity index (χ0n) is 20.6. The van der Waals surface area contributed by atoms with E-state index in [0.717, 1.165) is 27.9 Å². The van der Waals surface area contributed by atoms with E-state index in [0.29, 0.717) is 0 Å². The maximum Gasteiger partial charge on any atom is 0.0473 e. The summed E-state index contributed by atoms with van der Waals surface area (Å²) in [4.78, 5) is 0. The monoisotopic (exact) mass is 453 g/mol. The van der Waals surface area contributed by atoms with Crippen LogP contribution in [0.4, 0.5) is 5.69 Å². The van der Waals surface area contributed by atoms with Crippen LogP contribution < -0.4 is 5.73 Å². The fourth-order valence-corrected chi connectivity index (χ4v) is 4.56. The van der Waals surface area contributed by atoms with Gasteiger partial charge in [-0.2, -0.15) is 0 Å². The molecule has 0 atom stereocenters. The molecular formula is C34H31N. The smallest absolute Gasteiger partial charge is 0.0473 e. The summed E-state index contributed by atoms with van der Waals surface area (Å²) in [5.41, 5.74) is 18.2. The second-order valence-electron chi connectivity index (χ2n) is 10.1. The number of nitrogen functional groups attached to an aromatic ring is 1. The fourth-order valence-electron chi connectivity index (χ4n) is 4.56. The average Bonchev–Trinajstić information content (AvgIpc) is 2.89. The summed E-state index contributed by atoms with van der Waals surface area (Å²) in [6.07, 6.45) is 0. The van der Waals surface area contributed by atoms with Crippen LogP contribution in [0, 0.1) is 0 Å². The highest BCUT2D eigenvalue weighted by Crippen LogP contribution is 2.40. The number of rotatable bonds is 4. The second kappa shape index (κ2) is 9.27. The Hall–Kier alpha value is -4.10. The molecule has 0 saturated heterocycles. The second-order valence-corrected chi connectivity index (χ2v) is 10.1. The molecule has 1 heteroatoms. The van der Waals surface area contributed by atoms with E-state index < -0.39 is 0 Å². The maximum absolute atomic E-state index is 6.85. The predicted molar refractivity (Wildman–Crippen MR) is 151 cm³/mol. The van der Waals surface area contributed by atoms with Crippen molar-refractivity contribution < 1.29 is 0 Å². The van der Waals surface area contributed by atoms with E-state index in [4.69, 9.17) is 5.73 Å². The van der Waals surface area contributed by atoms with Crippen LogP contribution in [0.25, 0.3) is 44.5 Å². The highest BCUT2D eigenvalue weighted by Gasteiger charge is 2.19. The first-order chi connectivity index (χ1) is 16.9. The molecule has 5 aromatic carbocycles. The van der Waals surface area contributed by atoms with E-state index in [-0.39, 0.29) is 5.41 Å². The van der Waals surface area contributed by atoms with Crippen LogP contribution in [0.15, 0.2) is 121 Å². The molecule has 0 amide bonds. The predicted octanol–water partition coefficient (Wildman–Crippen LogP) is 9.23. The van der Waals surface area contributed by atoms with Gasteiger partial charge in [-0.25, -0.2) is 0 Å². The minimum Gasteiger partial charge on any atom is -0.398 e. The molecule has 5 aromatic rings. The van der Waals surface area contributed by atoms with Gasteiger partial charge in [-0.05, 0) is 68.6 Å². The highest BCUT2D eigenvalue weighted by molar-refractivity contribution is 5.91. The Morgan fingerprint density at radius 3 is 1.37 bits per heavy atom. The molecule has 0 spiro atoms. The molecular weight excluding hydrogens is 422 g/mol. The Morgan fingerprint density at radius 2 is 0.829 bits per heavy atom. The fraction of sp³-hybridized carbons (Fsp3) is 0.118. The van der Waals surface area contributed by atoms with Gasteiger partial charge in [-0.15, -0.1) is 0 Å². The molecule has 0 aliphatic heterocycles. The zero-order chi connectivity index (χ0) is 24.4. The minimum absolute atomic E-state index is 0.00755. The van der Waals surface area contributed by atoms with E-state index >= 15 is 0 Å². The van der Waals surface area contributed by atoms with Crippen molar-refractivity contribution in [2.45, 2.75) is 26.2 Å². The van der Waals surface area contributed by atoms with E-state index in [1.165, 1.54) is 27.8 Å². The van der Waals surface area contributed by atoms with Crippen LogP contribution in [0.5, 0.6) is 0 Å². The molecule has 0 unspecified atom stereocenters. The molecule has 0 bridgehead atoms. The van der Waals surface area contributed by atoms with Gasteiger partial charge in [0.25, 0.3) is 0 Å². The summed E-state index contributed by atoms with van der Waals surface area (Å²) < 4.78 is 0. The summed E-state index contributed by atoms with van der Waals surface area (Å²) in [6, 6.07) is 42.9. The van der Waals surface area contributed by atoms with Gasteiger partial charge < -0.3 is 5.73 Å². The Kier molecular flexibility index (Phi) is 6.01. The molecule has 5 rings (SSSR count).